The lowest BCUT2D eigenvalue weighted by molar-refractivity contribution is -0.143. The van der Waals surface area contributed by atoms with Gasteiger partial charge in [-0.1, -0.05) is 24.3 Å². The largest absolute Gasteiger partial charge is 0.465 e. The van der Waals surface area contributed by atoms with Gasteiger partial charge in [0.25, 0.3) is 5.91 Å². The van der Waals surface area contributed by atoms with Gasteiger partial charge < -0.3 is 14.6 Å². The summed E-state index contributed by atoms with van der Waals surface area (Å²) in [5.41, 5.74) is 1.69. The van der Waals surface area contributed by atoms with Crippen molar-refractivity contribution in [1.82, 2.24) is 14.9 Å². The molecule has 146 valence electrons. The van der Waals surface area contributed by atoms with Gasteiger partial charge in [-0.25, -0.2) is 9.37 Å². The molecule has 1 N–H and O–H groups in total. The number of imidazole rings is 1. The van der Waals surface area contributed by atoms with Gasteiger partial charge >= 0.3 is 5.97 Å². The molecule has 1 aromatic heterocycles. The number of benzene rings is 2. The number of nitrogens with one attached hydrogen (secondary N) is 1. The first-order chi connectivity index (χ1) is 13.6. The molecular weight excluding hydrogens is 361 g/mol. The smallest absolute Gasteiger partial charge is 0.326 e. The number of fused-ring (bicyclic) bond motifs is 1. The highest BCUT2D eigenvalue weighted by molar-refractivity contribution is 5.94. The van der Waals surface area contributed by atoms with Crippen LogP contribution in [0.5, 0.6) is 0 Å². The van der Waals surface area contributed by atoms with Crippen LogP contribution < -0.4 is 5.32 Å². The van der Waals surface area contributed by atoms with E-state index in [1.165, 1.54) is 12.1 Å². The van der Waals surface area contributed by atoms with Gasteiger partial charge in [0, 0.05) is 13.0 Å². The number of halogens is 1. The van der Waals surface area contributed by atoms with Crippen molar-refractivity contribution in [3.8, 4) is 0 Å². The van der Waals surface area contributed by atoms with Gasteiger partial charge in [-0.3, -0.25) is 9.59 Å². The molecule has 0 bridgehead atoms. The highest BCUT2D eigenvalue weighted by Crippen LogP contribution is 2.17. The summed E-state index contributed by atoms with van der Waals surface area (Å²) < 4.78 is 20.5. The quantitative estimate of drug-likeness (QED) is 0.479. The lowest BCUT2D eigenvalue weighted by Gasteiger charge is -2.09. The Balaban J connectivity index is 1.64. The standard InChI is InChI=1S/C21H22FN3O3/c1-2-28-20(26)14-25-18-11-6-5-10-17(18)24-19(25)12-7-13-23-21(27)15-8-3-4-9-16(15)22/h3-6,8-11H,2,7,12-14H2,1H3,(H,23,27). The first-order valence-electron chi connectivity index (χ1n) is 9.22. The fraction of sp³-hybridized carbons (Fsp3) is 0.286. The molecule has 0 saturated carbocycles. The van der Waals surface area contributed by atoms with Crippen LogP contribution in [0.2, 0.25) is 0 Å². The zero-order chi connectivity index (χ0) is 19.9. The Labute approximate surface area is 162 Å². The number of ether oxygens (including phenoxy) is 1. The van der Waals surface area contributed by atoms with Crippen LogP contribution in [-0.4, -0.2) is 34.6 Å². The van der Waals surface area contributed by atoms with E-state index in [0.29, 0.717) is 26.0 Å². The van der Waals surface area contributed by atoms with E-state index in [9.17, 15) is 14.0 Å². The minimum atomic E-state index is -0.545. The topological polar surface area (TPSA) is 73.2 Å². The van der Waals surface area contributed by atoms with Gasteiger partial charge in [0.1, 0.15) is 18.2 Å². The minimum absolute atomic E-state index is 0.0250. The number of esters is 1. The molecule has 0 unspecified atom stereocenters. The second-order valence-electron chi connectivity index (χ2n) is 6.25. The third-order valence-corrected chi connectivity index (χ3v) is 4.31. The van der Waals surface area contributed by atoms with Gasteiger partial charge in [0.2, 0.25) is 0 Å². The number of aryl methyl sites for hydroxylation is 1. The van der Waals surface area contributed by atoms with E-state index in [2.05, 4.69) is 10.3 Å². The molecule has 2 aromatic carbocycles. The molecule has 6 nitrogen and oxygen atoms in total. The van der Waals surface area contributed by atoms with Crippen molar-refractivity contribution in [2.45, 2.75) is 26.3 Å². The Morgan fingerprint density at radius 2 is 1.89 bits per heavy atom. The molecule has 0 radical (unpaired) electrons. The predicted octanol–water partition coefficient (Wildman–Crippen LogP) is 3.10. The number of hydrogen-bond acceptors (Lipinski definition) is 4. The van der Waals surface area contributed by atoms with Gasteiger partial charge in [-0.15, -0.1) is 0 Å². The summed E-state index contributed by atoms with van der Waals surface area (Å²) in [5.74, 6) is -0.566. The zero-order valence-electron chi connectivity index (χ0n) is 15.7. The molecule has 0 fully saturated rings. The van der Waals surface area contributed by atoms with Crippen LogP contribution in [-0.2, 0) is 22.5 Å². The molecule has 1 amide bonds. The predicted molar refractivity (Wildman–Crippen MR) is 103 cm³/mol. The molecular formula is C21H22FN3O3. The first-order valence-corrected chi connectivity index (χ1v) is 9.22. The highest BCUT2D eigenvalue weighted by atomic mass is 19.1. The van der Waals surface area contributed by atoms with Crippen LogP contribution in [0.3, 0.4) is 0 Å². The summed E-state index contributed by atoms with van der Waals surface area (Å²) in [7, 11) is 0. The van der Waals surface area contributed by atoms with Crippen LogP contribution in [0.25, 0.3) is 11.0 Å². The van der Waals surface area contributed by atoms with E-state index in [-0.39, 0.29) is 18.1 Å². The van der Waals surface area contributed by atoms with Crippen molar-refractivity contribution >= 4 is 22.9 Å². The van der Waals surface area contributed by atoms with Gasteiger partial charge in [0.15, 0.2) is 0 Å². The molecule has 0 aliphatic heterocycles. The van der Waals surface area contributed by atoms with Gasteiger partial charge in [-0.2, -0.15) is 0 Å². The third-order valence-electron chi connectivity index (χ3n) is 4.31. The Morgan fingerprint density at radius 1 is 1.14 bits per heavy atom. The number of amides is 1. The minimum Gasteiger partial charge on any atom is -0.465 e. The highest BCUT2D eigenvalue weighted by Gasteiger charge is 2.14. The van der Waals surface area contributed by atoms with E-state index < -0.39 is 11.7 Å². The number of rotatable bonds is 8. The van der Waals surface area contributed by atoms with Crippen molar-refractivity contribution in [2.75, 3.05) is 13.2 Å². The van der Waals surface area contributed by atoms with E-state index in [1.54, 1.807) is 19.1 Å². The van der Waals surface area contributed by atoms with Crippen molar-refractivity contribution < 1.29 is 18.7 Å². The monoisotopic (exact) mass is 383 g/mol. The summed E-state index contributed by atoms with van der Waals surface area (Å²) in [6.45, 7) is 2.55. The average Bonchev–Trinajstić information content (AvgIpc) is 3.03. The molecule has 28 heavy (non-hydrogen) atoms. The molecule has 7 heteroatoms. The first kappa shape index (κ1) is 19.5. The molecule has 0 aliphatic rings. The maximum atomic E-state index is 13.7. The molecule has 1 heterocycles. The fourth-order valence-electron chi connectivity index (χ4n) is 3.02. The van der Waals surface area contributed by atoms with E-state index in [4.69, 9.17) is 4.74 Å². The summed E-state index contributed by atoms with van der Waals surface area (Å²) in [6.07, 6.45) is 1.16. The molecule has 0 atom stereocenters. The lowest BCUT2D eigenvalue weighted by atomic mass is 10.2. The maximum Gasteiger partial charge on any atom is 0.326 e. The van der Waals surface area contributed by atoms with Crippen LogP contribution in [0, 0.1) is 5.82 Å². The summed E-state index contributed by atoms with van der Waals surface area (Å²) in [4.78, 5) is 28.6. The Kier molecular flexibility index (Phi) is 6.37. The molecule has 3 rings (SSSR count). The van der Waals surface area contributed by atoms with Crippen LogP contribution >= 0.6 is 0 Å². The average molecular weight is 383 g/mol. The van der Waals surface area contributed by atoms with Crippen LogP contribution in [0.15, 0.2) is 48.5 Å². The van der Waals surface area contributed by atoms with Gasteiger partial charge in [0.05, 0.1) is 23.2 Å². The number of carbonyl (C=O) groups excluding carboxylic acids is 2. The van der Waals surface area contributed by atoms with Crippen LogP contribution in [0.1, 0.15) is 29.5 Å². The number of carbonyl (C=O) groups is 2. The second kappa shape index (κ2) is 9.12. The molecule has 0 saturated heterocycles. The summed E-state index contributed by atoms with van der Waals surface area (Å²) >= 11 is 0. The Bertz CT molecular complexity index is 984. The number of aromatic nitrogens is 2. The zero-order valence-corrected chi connectivity index (χ0v) is 15.7. The van der Waals surface area contributed by atoms with Crippen LogP contribution in [0.4, 0.5) is 4.39 Å². The normalized spacial score (nSPS) is 10.8. The van der Waals surface area contributed by atoms with Crippen molar-refractivity contribution in [3.63, 3.8) is 0 Å². The van der Waals surface area contributed by atoms with Crippen molar-refractivity contribution in [1.29, 1.82) is 0 Å². The van der Waals surface area contributed by atoms with Crippen molar-refractivity contribution in [2.24, 2.45) is 0 Å². The summed E-state index contributed by atoms with van der Waals surface area (Å²) in [6, 6.07) is 13.4. The number of hydrogen-bond donors (Lipinski definition) is 1. The number of para-hydroxylation sites is 2. The van der Waals surface area contributed by atoms with E-state index in [0.717, 1.165) is 16.9 Å². The van der Waals surface area contributed by atoms with E-state index >= 15 is 0 Å². The summed E-state index contributed by atoms with van der Waals surface area (Å²) in [5, 5.41) is 2.72. The van der Waals surface area contributed by atoms with Gasteiger partial charge in [-0.05, 0) is 37.6 Å². The molecule has 0 spiro atoms. The number of nitrogens with zero attached hydrogens (tertiary/aromatic N) is 2. The maximum absolute atomic E-state index is 13.7. The van der Waals surface area contributed by atoms with E-state index in [1.807, 2.05) is 28.8 Å². The molecule has 0 aliphatic carbocycles. The second-order valence-corrected chi connectivity index (χ2v) is 6.25. The SMILES string of the molecule is CCOC(=O)Cn1c(CCCNC(=O)c2ccccc2F)nc2ccccc21. The lowest BCUT2D eigenvalue weighted by Crippen LogP contribution is -2.26. The fourth-order valence-corrected chi connectivity index (χ4v) is 3.02. The Hall–Kier alpha value is -3.22. The molecule has 3 aromatic rings. The van der Waals surface area contributed by atoms with Crippen molar-refractivity contribution in [3.05, 3.63) is 65.7 Å². The Morgan fingerprint density at radius 3 is 2.68 bits per heavy atom. The third kappa shape index (κ3) is 4.54.